The van der Waals surface area contributed by atoms with Crippen molar-refractivity contribution in [2.75, 3.05) is 26.2 Å². The van der Waals surface area contributed by atoms with Gasteiger partial charge in [0.15, 0.2) is 0 Å². The van der Waals surface area contributed by atoms with Crippen molar-refractivity contribution in [1.29, 1.82) is 0 Å². The number of carbonyl (C=O) groups excluding carboxylic acids is 1. The second kappa shape index (κ2) is 3.29. The minimum Gasteiger partial charge on any atom is -0.355 e. The smallest absolute Gasteiger partial charge is 0.220 e. The lowest BCUT2D eigenvalue weighted by Gasteiger charge is -2.21. The van der Waals surface area contributed by atoms with Gasteiger partial charge in [-0.1, -0.05) is 6.92 Å². The van der Waals surface area contributed by atoms with Crippen molar-refractivity contribution < 1.29 is 4.79 Å². The summed E-state index contributed by atoms with van der Waals surface area (Å²) in [6, 6.07) is 0. The van der Waals surface area contributed by atoms with E-state index in [9.17, 15) is 4.79 Å². The summed E-state index contributed by atoms with van der Waals surface area (Å²) in [4.78, 5) is 13.6. The lowest BCUT2D eigenvalue weighted by Crippen LogP contribution is -2.29. The van der Waals surface area contributed by atoms with E-state index < -0.39 is 0 Å². The van der Waals surface area contributed by atoms with Crippen LogP contribution in [-0.4, -0.2) is 37.0 Å². The lowest BCUT2D eigenvalue weighted by molar-refractivity contribution is -0.119. The molecule has 2 rings (SSSR count). The van der Waals surface area contributed by atoms with Crippen LogP contribution in [0.15, 0.2) is 0 Å². The molecule has 2 saturated heterocycles. The monoisotopic (exact) mass is 182 g/mol. The van der Waals surface area contributed by atoms with Gasteiger partial charge in [-0.25, -0.2) is 0 Å². The van der Waals surface area contributed by atoms with Crippen molar-refractivity contribution in [3.8, 4) is 0 Å². The molecule has 1 amide bonds. The van der Waals surface area contributed by atoms with Gasteiger partial charge in [0, 0.05) is 24.9 Å². The third kappa shape index (κ3) is 1.70. The van der Waals surface area contributed by atoms with Crippen molar-refractivity contribution in [3.05, 3.63) is 0 Å². The van der Waals surface area contributed by atoms with Crippen LogP contribution in [0, 0.1) is 5.41 Å². The molecule has 2 aliphatic rings. The van der Waals surface area contributed by atoms with Crippen LogP contribution in [0.4, 0.5) is 0 Å². The Hall–Kier alpha value is -0.570. The molecule has 2 heterocycles. The molecule has 13 heavy (non-hydrogen) atoms. The molecule has 0 aliphatic carbocycles. The van der Waals surface area contributed by atoms with E-state index in [-0.39, 0.29) is 5.91 Å². The van der Waals surface area contributed by atoms with E-state index in [2.05, 4.69) is 17.1 Å². The Morgan fingerprint density at radius 2 is 2.46 bits per heavy atom. The number of hydrogen-bond donors (Lipinski definition) is 1. The summed E-state index contributed by atoms with van der Waals surface area (Å²) < 4.78 is 0. The van der Waals surface area contributed by atoms with Crippen LogP contribution in [0.1, 0.15) is 26.2 Å². The summed E-state index contributed by atoms with van der Waals surface area (Å²) in [5.74, 6) is 0.248. The third-order valence-corrected chi connectivity index (χ3v) is 3.25. The fraction of sp³-hybridized carbons (Fsp3) is 0.900. The van der Waals surface area contributed by atoms with Gasteiger partial charge in [0.05, 0.1) is 0 Å². The predicted molar refractivity (Wildman–Crippen MR) is 51.4 cm³/mol. The number of hydrogen-bond acceptors (Lipinski definition) is 2. The minimum atomic E-state index is 0.248. The molecule has 3 heteroatoms. The SMILES string of the molecule is CCCN1CCC2(CNC(=O)C2)C1. The van der Waals surface area contributed by atoms with E-state index in [1.165, 1.54) is 25.9 Å². The first kappa shape index (κ1) is 9.00. The zero-order chi connectivity index (χ0) is 9.31. The Kier molecular flexibility index (Phi) is 2.28. The summed E-state index contributed by atoms with van der Waals surface area (Å²) in [5, 5.41) is 2.95. The highest BCUT2D eigenvalue weighted by molar-refractivity contribution is 5.79. The molecular weight excluding hydrogens is 164 g/mol. The number of carbonyl (C=O) groups is 1. The van der Waals surface area contributed by atoms with Crippen LogP contribution in [-0.2, 0) is 4.79 Å². The molecule has 74 valence electrons. The Morgan fingerprint density at radius 1 is 1.62 bits per heavy atom. The number of nitrogens with zero attached hydrogens (tertiary/aromatic N) is 1. The quantitative estimate of drug-likeness (QED) is 0.678. The van der Waals surface area contributed by atoms with Crippen LogP contribution >= 0.6 is 0 Å². The Morgan fingerprint density at radius 3 is 3.08 bits per heavy atom. The second-order valence-electron chi connectivity index (χ2n) is 4.48. The number of rotatable bonds is 2. The van der Waals surface area contributed by atoms with E-state index in [1.807, 2.05) is 0 Å². The number of nitrogens with one attached hydrogen (secondary N) is 1. The standard InChI is InChI=1S/C10H18N2O/c1-2-4-12-5-3-10(8-12)6-9(13)11-7-10/h2-8H2,1H3,(H,11,13). The second-order valence-corrected chi connectivity index (χ2v) is 4.48. The molecule has 0 aromatic carbocycles. The topological polar surface area (TPSA) is 32.3 Å². The van der Waals surface area contributed by atoms with Gasteiger partial charge in [-0.05, 0) is 25.9 Å². The molecular formula is C10H18N2O. The van der Waals surface area contributed by atoms with E-state index >= 15 is 0 Å². The fourth-order valence-electron chi connectivity index (χ4n) is 2.58. The van der Waals surface area contributed by atoms with E-state index in [0.717, 1.165) is 19.5 Å². The third-order valence-electron chi connectivity index (χ3n) is 3.25. The zero-order valence-corrected chi connectivity index (χ0v) is 8.31. The molecule has 2 fully saturated rings. The molecule has 0 radical (unpaired) electrons. The highest BCUT2D eigenvalue weighted by Gasteiger charge is 2.43. The molecule has 3 nitrogen and oxygen atoms in total. The minimum absolute atomic E-state index is 0.248. The molecule has 1 N–H and O–H groups in total. The normalized spacial score (nSPS) is 34.4. The van der Waals surface area contributed by atoms with Gasteiger partial charge in [0.2, 0.25) is 5.91 Å². The van der Waals surface area contributed by atoms with Crippen molar-refractivity contribution in [3.63, 3.8) is 0 Å². The maximum Gasteiger partial charge on any atom is 0.220 e. The lowest BCUT2D eigenvalue weighted by atomic mass is 9.86. The molecule has 1 atom stereocenters. The van der Waals surface area contributed by atoms with Gasteiger partial charge in [0.25, 0.3) is 0 Å². The Balaban J connectivity index is 1.93. The maximum absolute atomic E-state index is 11.1. The van der Waals surface area contributed by atoms with Crippen molar-refractivity contribution in [2.24, 2.45) is 5.41 Å². The summed E-state index contributed by atoms with van der Waals surface area (Å²) in [5.41, 5.74) is 0.298. The average Bonchev–Trinajstić information content (AvgIpc) is 2.62. The van der Waals surface area contributed by atoms with Crippen molar-refractivity contribution >= 4 is 5.91 Å². The molecule has 0 aromatic rings. The van der Waals surface area contributed by atoms with Crippen LogP contribution in [0.3, 0.4) is 0 Å². The first-order chi connectivity index (χ1) is 6.24. The highest BCUT2D eigenvalue weighted by Crippen LogP contribution is 2.36. The first-order valence-electron chi connectivity index (χ1n) is 5.23. The fourth-order valence-corrected chi connectivity index (χ4v) is 2.58. The van der Waals surface area contributed by atoms with Crippen LogP contribution in [0.2, 0.25) is 0 Å². The Labute approximate surface area is 79.5 Å². The molecule has 0 saturated carbocycles. The van der Waals surface area contributed by atoms with Gasteiger partial charge >= 0.3 is 0 Å². The van der Waals surface area contributed by atoms with Crippen LogP contribution in [0.5, 0.6) is 0 Å². The van der Waals surface area contributed by atoms with E-state index in [0.29, 0.717) is 5.41 Å². The number of likely N-dealkylation sites (tertiary alicyclic amines) is 1. The predicted octanol–water partition coefficient (Wildman–Crippen LogP) is 0.608. The molecule has 0 bridgehead atoms. The highest BCUT2D eigenvalue weighted by atomic mass is 16.1. The summed E-state index contributed by atoms with van der Waals surface area (Å²) >= 11 is 0. The molecule has 1 unspecified atom stereocenters. The van der Waals surface area contributed by atoms with Gasteiger partial charge < -0.3 is 10.2 Å². The Bertz CT molecular complexity index is 217. The van der Waals surface area contributed by atoms with Gasteiger partial charge in [-0.2, -0.15) is 0 Å². The van der Waals surface area contributed by atoms with Crippen LogP contribution < -0.4 is 5.32 Å². The number of amides is 1. The average molecular weight is 182 g/mol. The summed E-state index contributed by atoms with van der Waals surface area (Å²) in [6.07, 6.45) is 3.18. The van der Waals surface area contributed by atoms with Gasteiger partial charge in [0.1, 0.15) is 0 Å². The largest absolute Gasteiger partial charge is 0.355 e. The first-order valence-corrected chi connectivity index (χ1v) is 5.23. The van der Waals surface area contributed by atoms with Gasteiger partial charge in [-0.3, -0.25) is 4.79 Å². The zero-order valence-electron chi connectivity index (χ0n) is 8.31. The van der Waals surface area contributed by atoms with Gasteiger partial charge in [-0.15, -0.1) is 0 Å². The van der Waals surface area contributed by atoms with Crippen molar-refractivity contribution in [2.45, 2.75) is 26.2 Å². The van der Waals surface area contributed by atoms with E-state index in [4.69, 9.17) is 0 Å². The molecule has 0 aromatic heterocycles. The summed E-state index contributed by atoms with van der Waals surface area (Å²) in [6.45, 7) is 6.62. The van der Waals surface area contributed by atoms with Crippen molar-refractivity contribution in [1.82, 2.24) is 10.2 Å². The summed E-state index contributed by atoms with van der Waals surface area (Å²) in [7, 11) is 0. The maximum atomic E-state index is 11.1. The van der Waals surface area contributed by atoms with E-state index in [1.54, 1.807) is 0 Å². The molecule has 2 aliphatic heterocycles. The molecule has 1 spiro atoms. The van der Waals surface area contributed by atoms with Crippen LogP contribution in [0.25, 0.3) is 0 Å².